The number of aromatic amines is 1. The Balaban J connectivity index is 1.87. The molecular weight excluding hydrogens is 436 g/mol. The van der Waals surface area contributed by atoms with Crippen molar-refractivity contribution in [3.8, 4) is 0 Å². The molecule has 0 aliphatic rings. The van der Waals surface area contributed by atoms with Crippen LogP contribution < -0.4 is 10.9 Å². The molecule has 0 unspecified atom stereocenters. The van der Waals surface area contributed by atoms with Crippen molar-refractivity contribution < 1.29 is 4.79 Å². The zero-order valence-corrected chi connectivity index (χ0v) is 20.6. The van der Waals surface area contributed by atoms with Gasteiger partial charge in [0.05, 0.1) is 22.8 Å². The number of aryl methyl sites for hydroxylation is 2. The third-order valence-electron chi connectivity index (χ3n) is 6.08. The highest BCUT2D eigenvalue weighted by molar-refractivity contribution is 6.33. The molecule has 0 aliphatic carbocycles. The summed E-state index contributed by atoms with van der Waals surface area (Å²) in [6.45, 7) is 11.8. The van der Waals surface area contributed by atoms with Crippen LogP contribution in [0.25, 0.3) is 10.9 Å². The van der Waals surface area contributed by atoms with E-state index in [4.69, 9.17) is 11.6 Å². The third kappa shape index (κ3) is 6.15. The van der Waals surface area contributed by atoms with Gasteiger partial charge in [-0.05, 0) is 69.2 Å². The Morgan fingerprint density at radius 1 is 1.03 bits per heavy atom. The highest BCUT2D eigenvalue weighted by atomic mass is 35.5. The molecule has 0 fully saturated rings. The van der Waals surface area contributed by atoms with E-state index in [0.717, 1.165) is 48.1 Å². The number of benzene rings is 2. The van der Waals surface area contributed by atoms with Gasteiger partial charge in [0.15, 0.2) is 0 Å². The maximum atomic E-state index is 13.2. The summed E-state index contributed by atoms with van der Waals surface area (Å²) in [5.74, 6) is 0. The van der Waals surface area contributed by atoms with Crippen LogP contribution in [-0.2, 0) is 6.54 Å². The zero-order chi connectivity index (χ0) is 24.0. The minimum Gasteiger partial charge on any atom is -0.321 e. The van der Waals surface area contributed by atoms with Gasteiger partial charge in [-0.1, -0.05) is 49.7 Å². The second kappa shape index (κ2) is 11.3. The molecule has 0 aliphatic heterocycles. The van der Waals surface area contributed by atoms with Crippen molar-refractivity contribution in [1.82, 2.24) is 14.8 Å². The van der Waals surface area contributed by atoms with E-state index in [-0.39, 0.29) is 18.1 Å². The lowest BCUT2D eigenvalue weighted by atomic mass is 10.0. The van der Waals surface area contributed by atoms with Crippen molar-refractivity contribution in [2.45, 2.75) is 40.7 Å². The van der Waals surface area contributed by atoms with Crippen molar-refractivity contribution in [3.63, 3.8) is 0 Å². The van der Waals surface area contributed by atoms with E-state index in [2.05, 4.69) is 29.0 Å². The molecule has 2 amide bonds. The molecular formula is C26H33ClN4O2. The van der Waals surface area contributed by atoms with Gasteiger partial charge in [-0.15, -0.1) is 0 Å². The lowest BCUT2D eigenvalue weighted by molar-refractivity contribution is 0.202. The van der Waals surface area contributed by atoms with Gasteiger partial charge in [0.25, 0.3) is 5.56 Å². The number of halogens is 1. The summed E-state index contributed by atoms with van der Waals surface area (Å²) in [6.07, 6.45) is 0.807. The number of nitrogens with zero attached hydrogens (tertiary/aromatic N) is 2. The minimum absolute atomic E-state index is 0.171. The molecule has 1 heterocycles. The molecule has 176 valence electrons. The van der Waals surface area contributed by atoms with Gasteiger partial charge in [-0.25, -0.2) is 4.79 Å². The lowest BCUT2D eigenvalue weighted by Gasteiger charge is -2.25. The predicted octanol–water partition coefficient (Wildman–Crippen LogP) is 5.56. The Labute approximate surface area is 200 Å². The third-order valence-corrected chi connectivity index (χ3v) is 6.41. The molecule has 3 aromatic rings. The molecule has 0 bridgehead atoms. The van der Waals surface area contributed by atoms with Gasteiger partial charge >= 0.3 is 6.03 Å². The van der Waals surface area contributed by atoms with Gasteiger partial charge in [0, 0.05) is 17.5 Å². The predicted molar refractivity (Wildman–Crippen MR) is 137 cm³/mol. The van der Waals surface area contributed by atoms with Crippen molar-refractivity contribution in [2.24, 2.45) is 0 Å². The quantitative estimate of drug-likeness (QED) is 0.431. The fraction of sp³-hybridized carbons (Fsp3) is 0.385. The molecule has 3 rings (SSSR count). The fourth-order valence-corrected chi connectivity index (χ4v) is 4.16. The first-order chi connectivity index (χ1) is 15.8. The molecule has 0 saturated heterocycles. The Bertz CT molecular complexity index is 1170. The molecule has 0 atom stereocenters. The summed E-state index contributed by atoms with van der Waals surface area (Å²) in [7, 11) is 0. The summed E-state index contributed by atoms with van der Waals surface area (Å²) in [5.41, 5.74) is 3.89. The molecule has 6 nitrogen and oxygen atoms in total. The first-order valence-electron chi connectivity index (χ1n) is 11.5. The highest BCUT2D eigenvalue weighted by Gasteiger charge is 2.18. The topological polar surface area (TPSA) is 68.4 Å². The Morgan fingerprint density at radius 3 is 2.42 bits per heavy atom. The van der Waals surface area contributed by atoms with Gasteiger partial charge in [-0.2, -0.15) is 0 Å². The molecule has 7 heteroatoms. The second-order valence-corrected chi connectivity index (χ2v) is 8.73. The molecule has 0 radical (unpaired) electrons. The minimum atomic E-state index is -0.275. The van der Waals surface area contributed by atoms with Crippen molar-refractivity contribution >= 4 is 34.2 Å². The number of carbonyl (C=O) groups excluding carboxylic acids is 1. The van der Waals surface area contributed by atoms with Crippen molar-refractivity contribution in [1.29, 1.82) is 0 Å². The Morgan fingerprint density at radius 2 is 1.73 bits per heavy atom. The van der Waals surface area contributed by atoms with E-state index in [1.807, 2.05) is 44.2 Å². The summed E-state index contributed by atoms with van der Waals surface area (Å²) < 4.78 is 0. The number of hydrogen-bond acceptors (Lipinski definition) is 3. The molecule has 2 aromatic carbocycles. The number of fused-ring (bicyclic) bond motifs is 1. The normalized spacial score (nSPS) is 11.2. The van der Waals surface area contributed by atoms with Gasteiger partial charge in [-0.3, -0.25) is 4.79 Å². The molecule has 1 aromatic heterocycles. The van der Waals surface area contributed by atoms with Crippen LogP contribution >= 0.6 is 11.6 Å². The number of nitrogens with one attached hydrogen (secondary N) is 2. The average molecular weight is 469 g/mol. The van der Waals surface area contributed by atoms with Crippen LogP contribution in [-0.4, -0.2) is 47.0 Å². The molecule has 2 N–H and O–H groups in total. The SMILES string of the molecule is CCN(CC)CCCN(Cc1cc2c(C)ccc(C)c2[nH]c1=O)C(=O)Nc1ccccc1Cl. The number of aromatic nitrogens is 1. The van der Waals surface area contributed by atoms with E-state index < -0.39 is 0 Å². The Hall–Kier alpha value is -2.83. The van der Waals surface area contributed by atoms with E-state index in [1.165, 1.54) is 0 Å². The monoisotopic (exact) mass is 468 g/mol. The number of pyridine rings is 1. The van der Waals surface area contributed by atoms with Crippen LogP contribution in [0.3, 0.4) is 0 Å². The lowest BCUT2D eigenvalue weighted by Crippen LogP contribution is -2.38. The van der Waals surface area contributed by atoms with Crippen LogP contribution in [0, 0.1) is 13.8 Å². The van der Waals surface area contributed by atoms with E-state index >= 15 is 0 Å². The first-order valence-corrected chi connectivity index (χ1v) is 11.9. The number of hydrogen-bond donors (Lipinski definition) is 2. The number of H-pyrrole nitrogens is 1. The summed E-state index contributed by atoms with van der Waals surface area (Å²) >= 11 is 6.24. The smallest absolute Gasteiger partial charge is 0.321 e. The first kappa shape index (κ1) is 24.8. The van der Waals surface area contributed by atoms with Crippen LogP contribution in [0.4, 0.5) is 10.5 Å². The number of anilines is 1. The zero-order valence-electron chi connectivity index (χ0n) is 19.9. The summed E-state index contributed by atoms with van der Waals surface area (Å²) in [4.78, 5) is 33.1. The number of carbonyl (C=O) groups is 1. The average Bonchev–Trinajstić information content (AvgIpc) is 2.80. The number of para-hydroxylation sites is 1. The van der Waals surface area contributed by atoms with Gasteiger partial charge in [0.1, 0.15) is 0 Å². The summed E-state index contributed by atoms with van der Waals surface area (Å²) in [6, 6.07) is 12.8. The number of amides is 2. The van der Waals surface area contributed by atoms with Crippen molar-refractivity contribution in [3.05, 3.63) is 74.5 Å². The van der Waals surface area contributed by atoms with Crippen LogP contribution in [0.1, 0.15) is 37.0 Å². The van der Waals surface area contributed by atoms with Gasteiger partial charge in [0.2, 0.25) is 0 Å². The van der Waals surface area contributed by atoms with Crippen LogP contribution in [0.2, 0.25) is 5.02 Å². The van der Waals surface area contributed by atoms with E-state index in [9.17, 15) is 9.59 Å². The molecule has 33 heavy (non-hydrogen) atoms. The maximum Gasteiger partial charge on any atom is 0.322 e. The van der Waals surface area contributed by atoms with Crippen LogP contribution in [0.5, 0.6) is 0 Å². The van der Waals surface area contributed by atoms with E-state index in [0.29, 0.717) is 22.8 Å². The molecule has 0 spiro atoms. The molecule has 0 saturated carbocycles. The van der Waals surface area contributed by atoms with Crippen molar-refractivity contribution in [2.75, 3.05) is 31.5 Å². The van der Waals surface area contributed by atoms with E-state index in [1.54, 1.807) is 17.0 Å². The van der Waals surface area contributed by atoms with Crippen LogP contribution in [0.15, 0.2) is 47.3 Å². The highest BCUT2D eigenvalue weighted by Crippen LogP contribution is 2.22. The standard InChI is InChI=1S/C26H33ClN4O2/c1-5-30(6-2)14-9-15-31(26(33)28-23-11-8-7-10-22(23)27)17-20-16-21-18(3)12-13-19(4)24(21)29-25(20)32/h7-8,10-13,16H,5-6,9,14-15,17H2,1-4H3,(H,28,33)(H,29,32). The van der Waals surface area contributed by atoms with Gasteiger partial charge < -0.3 is 20.1 Å². The number of rotatable bonds is 9. The second-order valence-electron chi connectivity index (χ2n) is 8.32. The Kier molecular flexibility index (Phi) is 8.53. The largest absolute Gasteiger partial charge is 0.322 e. The fourth-order valence-electron chi connectivity index (χ4n) is 3.98. The number of urea groups is 1. The maximum absolute atomic E-state index is 13.2. The summed E-state index contributed by atoms with van der Waals surface area (Å²) in [5, 5.41) is 4.38.